The van der Waals surface area contributed by atoms with Crippen LogP contribution in [0.2, 0.25) is 0 Å². The van der Waals surface area contributed by atoms with Crippen molar-refractivity contribution in [3.8, 4) is 11.6 Å². The highest BCUT2D eigenvalue weighted by atomic mass is 16.5. The van der Waals surface area contributed by atoms with Crippen molar-refractivity contribution in [2.45, 2.75) is 12.6 Å². The number of anilines is 1. The molecule has 0 aliphatic carbocycles. The maximum atomic E-state index is 12.7. The SMILES string of the molecule is COCc1cc(OC)cc([C@H](Nc2ccc(C(=N)N)cc2)c2nn(-c3cccnn3)c(=O)[nH]2)c1. The Kier molecular flexibility index (Phi) is 6.64. The Labute approximate surface area is 195 Å². The molecule has 0 unspecified atom stereocenters. The van der Waals surface area contributed by atoms with Gasteiger partial charge < -0.3 is 20.5 Å². The molecule has 174 valence electrons. The Morgan fingerprint density at radius 3 is 2.65 bits per heavy atom. The predicted octanol–water partition coefficient (Wildman–Crippen LogP) is 1.99. The largest absolute Gasteiger partial charge is 0.497 e. The van der Waals surface area contributed by atoms with E-state index in [1.165, 1.54) is 6.20 Å². The normalized spacial score (nSPS) is 11.7. The van der Waals surface area contributed by atoms with Crippen LogP contribution in [0.4, 0.5) is 5.69 Å². The van der Waals surface area contributed by atoms with Gasteiger partial charge in [-0.15, -0.1) is 10.2 Å². The van der Waals surface area contributed by atoms with Crippen LogP contribution in [-0.4, -0.2) is 45.0 Å². The molecule has 34 heavy (non-hydrogen) atoms. The van der Waals surface area contributed by atoms with Crippen LogP contribution in [0.3, 0.4) is 0 Å². The minimum Gasteiger partial charge on any atom is -0.497 e. The number of nitrogens with one attached hydrogen (secondary N) is 3. The van der Waals surface area contributed by atoms with Crippen LogP contribution < -0.4 is 21.5 Å². The van der Waals surface area contributed by atoms with Gasteiger partial charge in [0, 0.05) is 24.6 Å². The number of aromatic nitrogens is 5. The van der Waals surface area contributed by atoms with Crippen molar-refractivity contribution in [3.05, 3.63) is 93.8 Å². The average Bonchev–Trinajstić information content (AvgIpc) is 3.24. The average molecular weight is 460 g/mol. The zero-order chi connectivity index (χ0) is 24.1. The lowest BCUT2D eigenvalue weighted by Crippen LogP contribution is -2.17. The summed E-state index contributed by atoms with van der Waals surface area (Å²) in [4.78, 5) is 15.5. The van der Waals surface area contributed by atoms with Crippen LogP contribution in [0, 0.1) is 5.41 Å². The smallest absolute Gasteiger partial charge is 0.349 e. The van der Waals surface area contributed by atoms with Gasteiger partial charge in [0.05, 0.1) is 13.7 Å². The summed E-state index contributed by atoms with van der Waals surface area (Å²) in [5.74, 6) is 1.28. The lowest BCUT2D eigenvalue weighted by molar-refractivity contribution is 0.184. The molecule has 4 aromatic rings. The van der Waals surface area contributed by atoms with E-state index in [4.69, 9.17) is 20.6 Å². The van der Waals surface area contributed by atoms with Gasteiger partial charge in [0.25, 0.3) is 0 Å². The summed E-state index contributed by atoms with van der Waals surface area (Å²) < 4.78 is 11.9. The van der Waals surface area contributed by atoms with E-state index >= 15 is 0 Å². The van der Waals surface area contributed by atoms with Crippen molar-refractivity contribution in [1.29, 1.82) is 5.41 Å². The predicted molar refractivity (Wildman–Crippen MR) is 126 cm³/mol. The summed E-state index contributed by atoms with van der Waals surface area (Å²) in [6.45, 7) is 0.384. The van der Waals surface area contributed by atoms with Gasteiger partial charge in [0.2, 0.25) is 0 Å². The summed E-state index contributed by atoms with van der Waals surface area (Å²) in [5.41, 5.74) is 8.15. The molecule has 0 fully saturated rings. The van der Waals surface area contributed by atoms with E-state index in [9.17, 15) is 4.79 Å². The molecule has 0 aliphatic heterocycles. The Hall–Kier alpha value is -4.51. The minimum absolute atomic E-state index is 0.0212. The fourth-order valence-electron chi connectivity index (χ4n) is 3.48. The fraction of sp³-hybridized carbons (Fsp3) is 0.174. The number of nitrogens with zero attached hydrogens (tertiary/aromatic N) is 4. The van der Waals surface area contributed by atoms with E-state index in [-0.39, 0.29) is 5.84 Å². The van der Waals surface area contributed by atoms with E-state index in [1.54, 1.807) is 50.6 Å². The summed E-state index contributed by atoms with van der Waals surface area (Å²) in [5, 5.41) is 23.3. The molecule has 11 nitrogen and oxygen atoms in total. The van der Waals surface area contributed by atoms with Gasteiger partial charge >= 0.3 is 5.69 Å². The van der Waals surface area contributed by atoms with Gasteiger partial charge in [0.15, 0.2) is 11.6 Å². The molecule has 2 aromatic heterocycles. The van der Waals surface area contributed by atoms with Gasteiger partial charge in [-0.1, -0.05) is 6.07 Å². The second kappa shape index (κ2) is 9.96. The number of nitrogen functional groups attached to an aromatic ring is 1. The molecule has 1 atom stereocenters. The van der Waals surface area contributed by atoms with Crippen molar-refractivity contribution >= 4 is 11.5 Å². The topological polar surface area (TPSA) is 157 Å². The molecule has 0 amide bonds. The van der Waals surface area contributed by atoms with Crippen LogP contribution in [0.25, 0.3) is 5.82 Å². The van der Waals surface area contributed by atoms with E-state index in [0.29, 0.717) is 29.6 Å². The monoisotopic (exact) mass is 460 g/mol. The number of aromatic amines is 1. The zero-order valence-corrected chi connectivity index (χ0v) is 18.6. The second-order valence-corrected chi connectivity index (χ2v) is 7.42. The van der Waals surface area contributed by atoms with Crippen LogP contribution in [0.5, 0.6) is 5.75 Å². The van der Waals surface area contributed by atoms with Gasteiger partial charge in [-0.3, -0.25) is 10.4 Å². The van der Waals surface area contributed by atoms with Crippen molar-refractivity contribution in [2.75, 3.05) is 19.5 Å². The molecule has 11 heteroatoms. The number of methoxy groups -OCH3 is 2. The standard InChI is InChI=1S/C23H24N8O3/c1-33-13-14-10-16(12-18(11-14)34-2)20(27-17-7-5-15(6-8-17)21(24)25)22-28-23(32)31(30-22)19-4-3-9-26-29-19/h3-12,20,27H,13H2,1-2H3,(H3,24,25)(H,28,30,32)/t20-/m0/s1. The second-order valence-electron chi connectivity index (χ2n) is 7.42. The van der Waals surface area contributed by atoms with Gasteiger partial charge in [-0.2, -0.15) is 9.78 Å². The number of amidine groups is 1. The number of rotatable bonds is 9. The third-order valence-corrected chi connectivity index (χ3v) is 5.06. The summed E-state index contributed by atoms with van der Waals surface area (Å²) >= 11 is 0. The van der Waals surface area contributed by atoms with Gasteiger partial charge in [-0.25, -0.2) is 4.79 Å². The Morgan fingerprint density at radius 1 is 1.21 bits per heavy atom. The Bertz CT molecular complexity index is 1330. The van der Waals surface area contributed by atoms with Crippen molar-refractivity contribution in [3.63, 3.8) is 0 Å². The molecule has 0 saturated heterocycles. The van der Waals surface area contributed by atoms with E-state index in [1.807, 2.05) is 18.2 Å². The van der Waals surface area contributed by atoms with Crippen LogP contribution in [0.15, 0.2) is 65.6 Å². The molecule has 2 heterocycles. The van der Waals surface area contributed by atoms with Gasteiger partial charge in [-0.05, 0) is 59.7 Å². The van der Waals surface area contributed by atoms with E-state index in [2.05, 4.69) is 25.6 Å². The molecular formula is C23H24N8O3. The zero-order valence-electron chi connectivity index (χ0n) is 18.6. The lowest BCUT2D eigenvalue weighted by atomic mass is 10.0. The molecule has 2 aromatic carbocycles. The first-order valence-electron chi connectivity index (χ1n) is 10.3. The summed E-state index contributed by atoms with van der Waals surface area (Å²) in [6, 6.07) is 15.5. The van der Waals surface area contributed by atoms with Crippen LogP contribution in [-0.2, 0) is 11.3 Å². The fourth-order valence-corrected chi connectivity index (χ4v) is 3.48. The van der Waals surface area contributed by atoms with Crippen molar-refractivity contribution in [1.82, 2.24) is 25.0 Å². The highest BCUT2D eigenvalue weighted by Crippen LogP contribution is 2.29. The minimum atomic E-state index is -0.556. The maximum absolute atomic E-state index is 12.7. The summed E-state index contributed by atoms with van der Waals surface area (Å²) in [6.07, 6.45) is 1.52. The molecule has 5 N–H and O–H groups in total. The number of H-pyrrole nitrogens is 1. The molecular weight excluding hydrogens is 436 g/mol. The third-order valence-electron chi connectivity index (χ3n) is 5.06. The first kappa shape index (κ1) is 22.7. The molecule has 0 saturated carbocycles. The molecule has 0 bridgehead atoms. The number of hydrogen-bond donors (Lipinski definition) is 4. The Morgan fingerprint density at radius 2 is 2.00 bits per heavy atom. The van der Waals surface area contributed by atoms with Gasteiger partial charge in [0.1, 0.15) is 17.6 Å². The Balaban J connectivity index is 1.80. The van der Waals surface area contributed by atoms with Crippen LogP contribution in [0.1, 0.15) is 28.6 Å². The first-order valence-corrected chi connectivity index (χ1v) is 10.3. The molecule has 0 radical (unpaired) electrons. The molecule has 0 aliphatic rings. The lowest BCUT2D eigenvalue weighted by Gasteiger charge is -2.20. The number of hydrogen-bond acceptors (Lipinski definition) is 8. The third kappa shape index (κ3) is 4.94. The first-order chi connectivity index (χ1) is 16.5. The molecule has 0 spiro atoms. The van der Waals surface area contributed by atoms with Crippen molar-refractivity contribution in [2.24, 2.45) is 5.73 Å². The molecule has 4 rings (SSSR count). The quantitative estimate of drug-likeness (QED) is 0.218. The number of ether oxygens (including phenoxy) is 2. The van der Waals surface area contributed by atoms with E-state index in [0.717, 1.165) is 21.5 Å². The highest BCUT2D eigenvalue weighted by molar-refractivity contribution is 5.95. The number of benzene rings is 2. The highest BCUT2D eigenvalue weighted by Gasteiger charge is 2.22. The van der Waals surface area contributed by atoms with Crippen molar-refractivity contribution < 1.29 is 9.47 Å². The van der Waals surface area contributed by atoms with E-state index < -0.39 is 11.7 Å². The summed E-state index contributed by atoms with van der Waals surface area (Å²) in [7, 11) is 3.20. The number of nitrogens with two attached hydrogens (primary N) is 1. The van der Waals surface area contributed by atoms with Crippen LogP contribution >= 0.6 is 0 Å². The maximum Gasteiger partial charge on any atom is 0.349 e.